The van der Waals surface area contributed by atoms with E-state index < -0.39 is 31.9 Å². The van der Waals surface area contributed by atoms with Gasteiger partial charge >= 0.3 is 7.60 Å². The number of nitrogens with two attached hydrogens (primary N) is 1. The van der Waals surface area contributed by atoms with Crippen LogP contribution < -0.4 is 5.73 Å². The van der Waals surface area contributed by atoms with Crippen LogP contribution in [0.25, 0.3) is 0 Å². The zero-order valence-electron chi connectivity index (χ0n) is 11.9. The number of hydrogen-bond acceptors (Lipinski definition) is 5. The molecule has 21 heavy (non-hydrogen) atoms. The highest BCUT2D eigenvalue weighted by Gasteiger charge is 2.40. The highest BCUT2D eigenvalue weighted by Crippen LogP contribution is 2.37. The van der Waals surface area contributed by atoms with Gasteiger partial charge in [-0.15, -0.1) is 0 Å². The largest absolute Gasteiger partial charge is 0.387 e. The molecular formula is C12H23BNO6P. The van der Waals surface area contributed by atoms with Crippen molar-refractivity contribution >= 4 is 15.4 Å². The Morgan fingerprint density at radius 2 is 1.95 bits per heavy atom. The third-order valence-corrected chi connectivity index (χ3v) is 3.75. The summed E-state index contributed by atoms with van der Waals surface area (Å²) in [5.41, 5.74) is 5.39. The van der Waals surface area contributed by atoms with E-state index in [1.165, 1.54) is 0 Å². The highest BCUT2D eigenvalue weighted by atomic mass is 31.2. The van der Waals surface area contributed by atoms with Crippen LogP contribution in [-0.2, 0) is 14.0 Å². The van der Waals surface area contributed by atoms with Crippen molar-refractivity contribution in [3.05, 3.63) is 11.9 Å². The molecule has 0 aromatic carbocycles. The van der Waals surface area contributed by atoms with Gasteiger partial charge in [0.25, 0.3) is 0 Å². The molecule has 0 aliphatic carbocycles. The molecule has 5 N–H and O–H groups in total. The van der Waals surface area contributed by atoms with E-state index >= 15 is 0 Å². The summed E-state index contributed by atoms with van der Waals surface area (Å²) in [6.07, 6.45) is 2.31. The van der Waals surface area contributed by atoms with Crippen LogP contribution in [0.2, 0.25) is 0 Å². The lowest BCUT2D eigenvalue weighted by Gasteiger charge is -2.18. The van der Waals surface area contributed by atoms with Gasteiger partial charge < -0.3 is 30.1 Å². The van der Waals surface area contributed by atoms with Crippen LogP contribution in [0.5, 0.6) is 0 Å². The third-order valence-electron chi connectivity index (χ3n) is 3.19. The zero-order chi connectivity index (χ0) is 15.9. The topological polar surface area (TPSA) is 122 Å². The molecule has 0 aromatic rings. The summed E-state index contributed by atoms with van der Waals surface area (Å²) >= 11 is 0. The van der Waals surface area contributed by atoms with Gasteiger partial charge in [-0.3, -0.25) is 4.57 Å². The summed E-state index contributed by atoms with van der Waals surface area (Å²) in [4.78, 5) is 17.5. The summed E-state index contributed by atoms with van der Waals surface area (Å²) in [7, 11) is 1.43. The summed E-state index contributed by atoms with van der Waals surface area (Å²) in [6.45, 7) is 1.12. The van der Waals surface area contributed by atoms with Crippen molar-refractivity contribution in [1.29, 1.82) is 0 Å². The van der Waals surface area contributed by atoms with Crippen LogP contribution in [0.1, 0.15) is 25.7 Å². The second-order valence-electron chi connectivity index (χ2n) is 5.02. The minimum absolute atomic E-state index is 0.443. The molecule has 1 aliphatic heterocycles. The molecule has 2 radical (unpaired) electrons. The van der Waals surface area contributed by atoms with Gasteiger partial charge in [-0.05, 0) is 25.5 Å². The Morgan fingerprint density at radius 3 is 2.57 bits per heavy atom. The predicted molar refractivity (Wildman–Crippen MR) is 78.9 cm³/mol. The summed E-state index contributed by atoms with van der Waals surface area (Å²) in [5.74, 6) is 0.697. The molecule has 0 spiro atoms. The van der Waals surface area contributed by atoms with E-state index in [0.717, 1.165) is 31.8 Å². The van der Waals surface area contributed by atoms with Crippen LogP contribution in [0.3, 0.4) is 0 Å². The maximum atomic E-state index is 10.8. The fourth-order valence-electron chi connectivity index (χ4n) is 2.09. The average molecular weight is 319 g/mol. The van der Waals surface area contributed by atoms with E-state index in [-0.39, 0.29) is 0 Å². The van der Waals surface area contributed by atoms with Gasteiger partial charge in [0.2, 0.25) is 0 Å². The number of aliphatic hydroxyl groups is 1. The number of ether oxygens (including phenoxy) is 2. The summed E-state index contributed by atoms with van der Waals surface area (Å²) in [5, 5.41) is 10.0. The standard InChI is InChI=1S/C12H23BNO6P/c13-12-11(19-7-4-2-1-3-6-14)10(15)9(20-12)5-8-21(16,17)18/h5,8-12,15H,1-4,6-7,14H2,(H2,16,17,18)/b8-5+/t9-,10+,11?,12-/m1/s1. The van der Waals surface area contributed by atoms with Gasteiger partial charge in [-0.1, -0.05) is 12.8 Å². The Balaban J connectivity index is 2.35. The molecule has 1 unspecified atom stereocenters. The van der Waals surface area contributed by atoms with Crippen molar-refractivity contribution < 1.29 is 28.9 Å². The van der Waals surface area contributed by atoms with Crippen molar-refractivity contribution in [2.24, 2.45) is 5.73 Å². The lowest BCUT2D eigenvalue weighted by molar-refractivity contribution is -0.0207. The second-order valence-corrected chi connectivity index (χ2v) is 6.50. The van der Waals surface area contributed by atoms with E-state index in [4.69, 9.17) is 32.8 Å². The molecule has 4 atom stereocenters. The molecule has 1 rings (SSSR count). The van der Waals surface area contributed by atoms with Gasteiger partial charge in [-0.2, -0.15) is 0 Å². The quantitative estimate of drug-likeness (QED) is 0.264. The molecule has 120 valence electrons. The van der Waals surface area contributed by atoms with Crippen LogP contribution in [-0.4, -0.2) is 60.2 Å². The normalized spacial score (nSPS) is 30.3. The average Bonchev–Trinajstić information content (AvgIpc) is 2.66. The smallest absolute Gasteiger partial charge is 0.348 e. The molecular weight excluding hydrogens is 296 g/mol. The van der Waals surface area contributed by atoms with E-state index in [2.05, 4.69) is 0 Å². The lowest BCUT2D eigenvalue weighted by Crippen LogP contribution is -2.35. The predicted octanol–water partition coefficient (Wildman–Crippen LogP) is -0.164. The Labute approximate surface area is 126 Å². The van der Waals surface area contributed by atoms with Crippen LogP contribution >= 0.6 is 7.60 Å². The first-order valence-electron chi connectivity index (χ1n) is 7.00. The van der Waals surface area contributed by atoms with Crippen molar-refractivity contribution in [3.8, 4) is 0 Å². The summed E-state index contributed by atoms with van der Waals surface area (Å²) in [6, 6.07) is -0.824. The Hall–Kier alpha value is -0.205. The van der Waals surface area contributed by atoms with Crippen molar-refractivity contribution in [3.63, 3.8) is 0 Å². The lowest BCUT2D eigenvalue weighted by atomic mass is 9.93. The molecule has 7 nitrogen and oxygen atoms in total. The van der Waals surface area contributed by atoms with Gasteiger partial charge in [0.15, 0.2) is 0 Å². The first kappa shape index (κ1) is 18.8. The zero-order valence-corrected chi connectivity index (χ0v) is 12.8. The molecule has 0 saturated carbocycles. The van der Waals surface area contributed by atoms with E-state index in [1.807, 2.05) is 0 Å². The van der Waals surface area contributed by atoms with Crippen LogP contribution in [0, 0.1) is 0 Å². The monoisotopic (exact) mass is 319 g/mol. The van der Waals surface area contributed by atoms with E-state index in [1.54, 1.807) is 0 Å². The molecule has 9 heteroatoms. The molecule has 0 aromatic heterocycles. The van der Waals surface area contributed by atoms with Crippen molar-refractivity contribution in [2.75, 3.05) is 13.2 Å². The highest BCUT2D eigenvalue weighted by molar-refractivity contribution is 7.55. The first-order chi connectivity index (χ1) is 9.85. The van der Waals surface area contributed by atoms with E-state index in [0.29, 0.717) is 19.0 Å². The fraction of sp³-hybridized carbons (Fsp3) is 0.833. The summed E-state index contributed by atoms with van der Waals surface area (Å²) < 4.78 is 21.5. The van der Waals surface area contributed by atoms with E-state index in [9.17, 15) is 9.67 Å². The van der Waals surface area contributed by atoms with Crippen molar-refractivity contribution in [2.45, 2.75) is 50.0 Å². The Morgan fingerprint density at radius 1 is 1.29 bits per heavy atom. The van der Waals surface area contributed by atoms with Gasteiger partial charge in [0.1, 0.15) is 26.2 Å². The second kappa shape index (κ2) is 9.05. The maximum absolute atomic E-state index is 10.8. The maximum Gasteiger partial charge on any atom is 0.348 e. The molecule has 1 saturated heterocycles. The minimum atomic E-state index is -4.28. The number of aliphatic hydroxyl groups excluding tert-OH is 1. The fourth-order valence-corrected chi connectivity index (χ4v) is 2.48. The molecule has 1 heterocycles. The minimum Gasteiger partial charge on any atom is -0.387 e. The van der Waals surface area contributed by atoms with Gasteiger partial charge in [0, 0.05) is 18.4 Å². The number of rotatable bonds is 9. The Kier molecular flexibility index (Phi) is 8.12. The SMILES string of the molecule is [B][C@@H]1O[C@H](/C=C/P(=O)(O)O)[C@H](O)C1OCCCCCCN. The van der Waals surface area contributed by atoms with Crippen LogP contribution in [0.4, 0.5) is 0 Å². The molecule has 0 amide bonds. The molecule has 1 aliphatic rings. The van der Waals surface area contributed by atoms with Gasteiger partial charge in [0.05, 0.1) is 0 Å². The van der Waals surface area contributed by atoms with Crippen LogP contribution in [0.15, 0.2) is 11.9 Å². The number of hydrogen-bond donors (Lipinski definition) is 4. The van der Waals surface area contributed by atoms with Gasteiger partial charge in [-0.25, -0.2) is 0 Å². The van der Waals surface area contributed by atoms with Crippen molar-refractivity contribution in [1.82, 2.24) is 0 Å². The molecule has 0 bridgehead atoms. The number of unbranched alkanes of at least 4 members (excludes halogenated alkanes) is 3. The Bertz CT molecular complexity index is 377. The third kappa shape index (κ3) is 7.06. The molecule has 1 fully saturated rings. The first-order valence-corrected chi connectivity index (χ1v) is 8.68.